The topological polar surface area (TPSA) is 30.7 Å². The molecule has 348 valence electrons. The number of thiophene rings is 2. The van der Waals surface area contributed by atoms with Crippen molar-refractivity contribution in [1.82, 2.24) is 13.3 Å². The average Bonchev–Trinajstić information content (AvgIpc) is 4.18. The Labute approximate surface area is 412 Å². The lowest BCUT2D eigenvalue weighted by Gasteiger charge is -2.23. The van der Waals surface area contributed by atoms with Crippen LogP contribution in [-0.2, 0) is 0 Å². The highest BCUT2D eigenvalue weighted by Crippen LogP contribution is 2.52. The van der Waals surface area contributed by atoms with E-state index in [4.69, 9.17) is 8.75 Å². The van der Waals surface area contributed by atoms with Crippen molar-refractivity contribution in [3.8, 4) is 31.3 Å². The van der Waals surface area contributed by atoms with Gasteiger partial charge in [-0.25, -0.2) is 0 Å². The molecule has 10 aromatic rings. The van der Waals surface area contributed by atoms with E-state index in [2.05, 4.69) is 117 Å². The maximum Gasteiger partial charge on any atom is 0.114 e. The Morgan fingerprint density at radius 3 is 1.42 bits per heavy atom. The second-order valence-electron chi connectivity index (χ2n) is 20.0. The number of rotatable bonds is 26. The van der Waals surface area contributed by atoms with Gasteiger partial charge in [0.25, 0.3) is 0 Å². The summed E-state index contributed by atoms with van der Waals surface area (Å²) in [6.45, 7) is 9.18. The molecule has 0 radical (unpaired) electrons. The Morgan fingerprint density at radius 1 is 0.433 bits per heavy atom. The van der Waals surface area contributed by atoms with Crippen LogP contribution in [0.1, 0.15) is 172 Å². The summed E-state index contributed by atoms with van der Waals surface area (Å²) in [5.74, 6) is 0. The highest BCUT2D eigenvalue weighted by atomic mass is 32.1. The summed E-state index contributed by atoms with van der Waals surface area (Å²) in [4.78, 5) is 5.15. The predicted octanol–water partition coefficient (Wildman–Crippen LogP) is 21.0. The molecule has 0 aliphatic heterocycles. The maximum atomic E-state index is 4.92. The standard InChI is InChI=1S/C61H71N3S3/c1-5-7-9-11-13-15-17-19-21-23-27-43(28-24-22-20-18-16-14-12-10-8-6-2)64-51-39-41(3)44-29-25-30-45-46-31-26-32-47-50(40-52(64)59(57(46)47)58(51)56(44)45)55-38-37-54(66-55)49-35-34-48(53-36-33-42(4)65-53)60-61(49)63-67-62-60/h25-26,29-40,43H,5-24,27-28H2,1-4H3. The Balaban J connectivity index is 1.03. The third-order valence-electron chi connectivity index (χ3n) is 15.3. The SMILES string of the molecule is CCCCCCCCCCCCC(CCCCCCCCCCCC)n1c2cc(C)c3cccc4c5cccc6c(-c7ccc(-c8ccc(-c9ccc(C)s9)c9nsnc89)s7)cc1c(c65)c2c34. The summed E-state index contributed by atoms with van der Waals surface area (Å²) in [7, 11) is 0. The number of aryl methyl sites for hydroxylation is 2. The molecule has 10 rings (SSSR count). The van der Waals surface area contributed by atoms with Crippen LogP contribution in [0.2, 0.25) is 0 Å². The van der Waals surface area contributed by atoms with Crippen molar-refractivity contribution in [2.45, 2.75) is 175 Å². The molecule has 4 aromatic heterocycles. The lowest BCUT2D eigenvalue weighted by Crippen LogP contribution is -2.10. The van der Waals surface area contributed by atoms with Crippen molar-refractivity contribution in [2.24, 2.45) is 0 Å². The fourth-order valence-corrected chi connectivity index (χ4v) is 14.3. The first-order valence-electron chi connectivity index (χ1n) is 26.4. The van der Waals surface area contributed by atoms with Gasteiger partial charge in [0.2, 0.25) is 0 Å². The average molecular weight is 942 g/mol. The quantitative estimate of drug-likeness (QED) is 0.0308. The van der Waals surface area contributed by atoms with Crippen LogP contribution >= 0.6 is 34.4 Å². The highest BCUT2D eigenvalue weighted by Gasteiger charge is 2.27. The van der Waals surface area contributed by atoms with Gasteiger partial charge in [0, 0.05) is 58.4 Å². The summed E-state index contributed by atoms with van der Waals surface area (Å²) in [5.41, 5.74) is 10.0. The van der Waals surface area contributed by atoms with Crippen molar-refractivity contribution in [2.75, 3.05) is 0 Å². The number of fused-ring (bicyclic) bond motifs is 2. The van der Waals surface area contributed by atoms with Gasteiger partial charge in [-0.1, -0.05) is 191 Å². The summed E-state index contributed by atoms with van der Waals surface area (Å²) >= 11 is 5.07. The zero-order chi connectivity index (χ0) is 45.7. The Hall–Kier alpha value is -4.36. The Kier molecular flexibility index (Phi) is 14.9. The third kappa shape index (κ3) is 9.41. The first-order valence-corrected chi connectivity index (χ1v) is 28.8. The number of aromatic nitrogens is 3. The highest BCUT2D eigenvalue weighted by molar-refractivity contribution is 7.19. The molecule has 0 N–H and O–H groups in total. The van der Waals surface area contributed by atoms with Crippen molar-refractivity contribution in [3.05, 3.63) is 95.4 Å². The van der Waals surface area contributed by atoms with E-state index in [-0.39, 0.29) is 0 Å². The smallest absolute Gasteiger partial charge is 0.114 e. The van der Waals surface area contributed by atoms with E-state index in [1.54, 1.807) is 0 Å². The number of unbranched alkanes of at least 4 members (excludes halogenated alkanes) is 18. The number of hydrogen-bond donors (Lipinski definition) is 0. The van der Waals surface area contributed by atoms with Gasteiger partial charge in [-0.15, -0.1) is 22.7 Å². The van der Waals surface area contributed by atoms with Crippen molar-refractivity contribution < 1.29 is 0 Å². The second-order valence-corrected chi connectivity index (χ2v) is 22.9. The molecule has 0 aliphatic rings. The minimum Gasteiger partial charge on any atom is -0.337 e. The molecule has 0 spiro atoms. The van der Waals surface area contributed by atoms with Crippen molar-refractivity contribution in [1.29, 1.82) is 0 Å². The normalized spacial score (nSPS) is 12.4. The molecule has 67 heavy (non-hydrogen) atoms. The fourth-order valence-electron chi connectivity index (χ4n) is 11.8. The Morgan fingerprint density at radius 2 is 0.881 bits per heavy atom. The van der Waals surface area contributed by atoms with Crippen LogP contribution in [0.3, 0.4) is 0 Å². The number of hydrogen-bond acceptors (Lipinski definition) is 5. The molecule has 0 fully saturated rings. The minimum absolute atomic E-state index is 0.470. The molecule has 0 unspecified atom stereocenters. The number of nitrogens with zero attached hydrogens (tertiary/aromatic N) is 3. The maximum absolute atomic E-state index is 4.92. The van der Waals surface area contributed by atoms with E-state index in [0.29, 0.717) is 6.04 Å². The van der Waals surface area contributed by atoms with Crippen LogP contribution < -0.4 is 0 Å². The van der Waals surface area contributed by atoms with Gasteiger partial charge in [-0.3, -0.25) is 0 Å². The van der Waals surface area contributed by atoms with E-state index in [1.165, 1.54) is 249 Å². The molecule has 0 aliphatic carbocycles. The van der Waals surface area contributed by atoms with Crippen LogP contribution in [0.25, 0.3) is 96.5 Å². The molecule has 6 aromatic carbocycles. The molecule has 0 saturated carbocycles. The van der Waals surface area contributed by atoms with E-state index >= 15 is 0 Å². The molecular weight excluding hydrogens is 871 g/mol. The summed E-state index contributed by atoms with van der Waals surface area (Å²) < 4.78 is 12.7. The van der Waals surface area contributed by atoms with Gasteiger partial charge < -0.3 is 4.57 Å². The largest absolute Gasteiger partial charge is 0.337 e. The molecule has 4 heterocycles. The van der Waals surface area contributed by atoms with E-state index in [1.807, 2.05) is 22.7 Å². The lowest BCUT2D eigenvalue weighted by molar-refractivity contribution is 0.409. The summed E-state index contributed by atoms with van der Waals surface area (Å²) in [5, 5.41) is 11.4. The predicted molar refractivity (Wildman–Crippen MR) is 299 cm³/mol. The van der Waals surface area contributed by atoms with Gasteiger partial charge in [0.1, 0.15) is 11.0 Å². The zero-order valence-corrected chi connectivity index (χ0v) is 43.2. The van der Waals surface area contributed by atoms with Crippen LogP contribution in [-0.4, -0.2) is 13.3 Å². The first-order chi connectivity index (χ1) is 33.1. The lowest BCUT2D eigenvalue weighted by atomic mass is 9.87. The molecule has 0 amide bonds. The van der Waals surface area contributed by atoms with E-state index in [9.17, 15) is 0 Å². The molecular formula is C61H71N3S3. The van der Waals surface area contributed by atoms with Crippen LogP contribution in [0, 0.1) is 13.8 Å². The van der Waals surface area contributed by atoms with Crippen LogP contribution in [0.5, 0.6) is 0 Å². The first kappa shape index (κ1) is 46.4. The molecule has 0 atom stereocenters. The van der Waals surface area contributed by atoms with Gasteiger partial charge in [0.05, 0.1) is 22.8 Å². The van der Waals surface area contributed by atoms with Crippen molar-refractivity contribution in [3.63, 3.8) is 0 Å². The third-order valence-corrected chi connectivity index (χ3v) is 18.0. The van der Waals surface area contributed by atoms with Gasteiger partial charge in [0.15, 0.2) is 0 Å². The van der Waals surface area contributed by atoms with Gasteiger partial charge in [-0.2, -0.15) is 8.75 Å². The molecule has 0 bridgehead atoms. The zero-order valence-electron chi connectivity index (χ0n) is 40.8. The molecule has 0 saturated heterocycles. The molecule has 6 heteroatoms. The second kappa shape index (κ2) is 21.5. The summed E-state index contributed by atoms with van der Waals surface area (Å²) in [6.07, 6.45) is 30.1. The summed E-state index contributed by atoms with van der Waals surface area (Å²) in [6, 6.07) is 33.6. The van der Waals surface area contributed by atoms with Crippen LogP contribution in [0.15, 0.2) is 84.9 Å². The monoisotopic (exact) mass is 941 g/mol. The fraction of sp³-hybridized carbons (Fsp3) is 0.443. The van der Waals surface area contributed by atoms with E-state index < -0.39 is 0 Å². The van der Waals surface area contributed by atoms with Crippen molar-refractivity contribution >= 4 is 99.6 Å². The molecule has 3 nitrogen and oxygen atoms in total. The van der Waals surface area contributed by atoms with E-state index in [0.717, 1.165) is 11.0 Å². The van der Waals surface area contributed by atoms with Gasteiger partial charge in [-0.05, 0) is 95.6 Å². The van der Waals surface area contributed by atoms with Gasteiger partial charge >= 0.3 is 0 Å². The Bertz CT molecular complexity index is 3150. The van der Waals surface area contributed by atoms with Crippen LogP contribution in [0.4, 0.5) is 0 Å². The number of benzene rings is 6. The minimum atomic E-state index is 0.470.